The highest BCUT2D eigenvalue weighted by Gasteiger charge is 2.66. The van der Waals surface area contributed by atoms with Crippen LogP contribution in [0.5, 0.6) is 0 Å². The molecular formula is C13H17NO5. The minimum absolute atomic E-state index is 0.102. The van der Waals surface area contributed by atoms with Gasteiger partial charge in [0.25, 0.3) is 0 Å². The van der Waals surface area contributed by atoms with E-state index in [1.165, 1.54) is 0 Å². The van der Waals surface area contributed by atoms with Crippen molar-refractivity contribution < 1.29 is 24.2 Å². The second-order valence-corrected chi connectivity index (χ2v) is 5.34. The summed E-state index contributed by atoms with van der Waals surface area (Å²) in [5.41, 5.74) is -0.710. The molecule has 1 spiro atoms. The Kier molecular flexibility index (Phi) is 2.87. The van der Waals surface area contributed by atoms with Crippen molar-refractivity contribution in [1.29, 1.82) is 0 Å². The molecule has 104 valence electrons. The molecule has 19 heavy (non-hydrogen) atoms. The number of hydrogen-bond donors (Lipinski definition) is 1. The van der Waals surface area contributed by atoms with Gasteiger partial charge < -0.3 is 19.5 Å². The molecule has 3 rings (SSSR count). The maximum atomic E-state index is 12.4. The van der Waals surface area contributed by atoms with E-state index in [4.69, 9.17) is 9.47 Å². The number of hydrogen-bond acceptors (Lipinski definition) is 4. The smallest absolute Gasteiger partial charge is 0.310 e. The van der Waals surface area contributed by atoms with Gasteiger partial charge in [0.15, 0.2) is 0 Å². The highest BCUT2D eigenvalue weighted by Crippen LogP contribution is 2.51. The van der Waals surface area contributed by atoms with Gasteiger partial charge in [0.1, 0.15) is 11.5 Å². The molecule has 3 heterocycles. The standard InChI is InChI=1S/C13H17NO5/c1-18-6-2-5-14-7-13-4-3-8(19-13)9(12(16)17)10(13)11(14)15/h3-4,8-10H,2,5-7H2,1H3,(H,16,17)/t8-,9+,10-,13+/m1/s1. The van der Waals surface area contributed by atoms with Crippen molar-refractivity contribution in [2.75, 3.05) is 26.8 Å². The van der Waals surface area contributed by atoms with Crippen LogP contribution in [0, 0.1) is 11.8 Å². The number of rotatable bonds is 5. The Bertz CT molecular complexity index is 448. The molecule has 0 aliphatic carbocycles. The van der Waals surface area contributed by atoms with E-state index < -0.39 is 29.5 Å². The maximum absolute atomic E-state index is 12.4. The van der Waals surface area contributed by atoms with Crippen LogP contribution in [0.4, 0.5) is 0 Å². The lowest BCUT2D eigenvalue weighted by Crippen LogP contribution is -2.39. The predicted octanol–water partition coefficient (Wildman–Crippen LogP) is -0.111. The molecule has 0 unspecified atom stereocenters. The summed E-state index contributed by atoms with van der Waals surface area (Å²) >= 11 is 0. The van der Waals surface area contributed by atoms with E-state index >= 15 is 0 Å². The van der Waals surface area contributed by atoms with Gasteiger partial charge in [-0.3, -0.25) is 9.59 Å². The number of carbonyl (C=O) groups excluding carboxylic acids is 1. The Morgan fingerprint density at radius 3 is 3.16 bits per heavy atom. The molecule has 0 saturated carbocycles. The van der Waals surface area contributed by atoms with E-state index in [2.05, 4.69) is 0 Å². The molecule has 0 radical (unpaired) electrons. The number of carboxylic acid groups (broad SMARTS) is 1. The third-order valence-electron chi connectivity index (χ3n) is 4.24. The van der Waals surface area contributed by atoms with Crippen molar-refractivity contribution >= 4 is 11.9 Å². The van der Waals surface area contributed by atoms with Gasteiger partial charge in [0, 0.05) is 20.3 Å². The summed E-state index contributed by atoms with van der Waals surface area (Å²) in [6, 6.07) is 0. The van der Waals surface area contributed by atoms with Crippen LogP contribution in [0.25, 0.3) is 0 Å². The number of carboxylic acids is 1. The fraction of sp³-hybridized carbons (Fsp3) is 0.692. The lowest BCUT2D eigenvalue weighted by Gasteiger charge is -2.21. The number of carbonyl (C=O) groups is 2. The fourth-order valence-corrected chi connectivity index (χ4v) is 3.45. The molecule has 3 aliphatic heterocycles. The molecule has 2 saturated heterocycles. The third kappa shape index (κ3) is 1.70. The van der Waals surface area contributed by atoms with E-state index in [1.54, 1.807) is 18.1 Å². The van der Waals surface area contributed by atoms with E-state index in [0.29, 0.717) is 19.7 Å². The van der Waals surface area contributed by atoms with Crippen LogP contribution in [-0.4, -0.2) is 60.4 Å². The predicted molar refractivity (Wildman–Crippen MR) is 64.4 cm³/mol. The minimum atomic E-state index is -0.951. The Morgan fingerprint density at radius 2 is 2.47 bits per heavy atom. The number of amides is 1. The molecular weight excluding hydrogens is 250 g/mol. The van der Waals surface area contributed by atoms with Crippen LogP contribution in [0.3, 0.4) is 0 Å². The highest BCUT2D eigenvalue weighted by atomic mass is 16.5. The van der Waals surface area contributed by atoms with Crippen molar-refractivity contribution in [1.82, 2.24) is 4.90 Å². The van der Waals surface area contributed by atoms with Gasteiger partial charge >= 0.3 is 5.97 Å². The second-order valence-electron chi connectivity index (χ2n) is 5.34. The van der Waals surface area contributed by atoms with E-state index in [-0.39, 0.29) is 5.91 Å². The van der Waals surface area contributed by atoms with Crippen molar-refractivity contribution in [3.8, 4) is 0 Å². The van der Waals surface area contributed by atoms with E-state index in [0.717, 1.165) is 6.42 Å². The van der Waals surface area contributed by atoms with Gasteiger partial charge in [-0.25, -0.2) is 0 Å². The maximum Gasteiger partial charge on any atom is 0.310 e. The zero-order valence-electron chi connectivity index (χ0n) is 10.7. The summed E-state index contributed by atoms with van der Waals surface area (Å²) < 4.78 is 10.8. The van der Waals surface area contributed by atoms with Crippen molar-refractivity contribution in [2.45, 2.75) is 18.1 Å². The topological polar surface area (TPSA) is 76.1 Å². The first kappa shape index (κ1) is 12.6. The van der Waals surface area contributed by atoms with Crippen LogP contribution >= 0.6 is 0 Å². The number of likely N-dealkylation sites (tertiary alicyclic amines) is 1. The number of nitrogens with zero attached hydrogens (tertiary/aromatic N) is 1. The molecule has 1 N–H and O–H groups in total. The molecule has 0 aromatic carbocycles. The third-order valence-corrected chi connectivity index (χ3v) is 4.24. The Morgan fingerprint density at radius 1 is 1.68 bits per heavy atom. The van der Waals surface area contributed by atoms with Gasteiger partial charge in [-0.05, 0) is 6.42 Å². The first-order chi connectivity index (χ1) is 9.09. The average Bonchev–Trinajstić information content (AvgIpc) is 2.99. The average molecular weight is 267 g/mol. The molecule has 0 aromatic heterocycles. The van der Waals surface area contributed by atoms with Crippen LogP contribution in [-0.2, 0) is 19.1 Å². The quantitative estimate of drug-likeness (QED) is 0.555. The summed E-state index contributed by atoms with van der Waals surface area (Å²) in [5.74, 6) is -2.36. The minimum Gasteiger partial charge on any atom is -0.481 e. The number of ether oxygens (including phenoxy) is 2. The highest BCUT2D eigenvalue weighted by molar-refractivity contribution is 5.90. The molecule has 3 aliphatic rings. The van der Waals surface area contributed by atoms with E-state index in [9.17, 15) is 14.7 Å². The fourth-order valence-electron chi connectivity index (χ4n) is 3.45. The number of methoxy groups -OCH3 is 1. The zero-order valence-corrected chi connectivity index (χ0v) is 10.7. The lowest BCUT2D eigenvalue weighted by atomic mass is 9.77. The molecule has 2 fully saturated rings. The first-order valence-corrected chi connectivity index (χ1v) is 6.47. The van der Waals surface area contributed by atoms with Gasteiger partial charge in [0.2, 0.25) is 5.91 Å². The summed E-state index contributed by atoms with van der Waals surface area (Å²) in [4.78, 5) is 25.4. The normalized spacial score (nSPS) is 39.1. The summed E-state index contributed by atoms with van der Waals surface area (Å²) in [6.07, 6.45) is 3.94. The Hall–Kier alpha value is -1.40. The van der Waals surface area contributed by atoms with Gasteiger partial charge in [-0.1, -0.05) is 12.2 Å². The van der Waals surface area contributed by atoms with Gasteiger partial charge in [-0.2, -0.15) is 0 Å². The van der Waals surface area contributed by atoms with Crippen LogP contribution in [0.1, 0.15) is 6.42 Å². The largest absolute Gasteiger partial charge is 0.481 e. The molecule has 1 amide bonds. The summed E-state index contributed by atoms with van der Waals surface area (Å²) in [7, 11) is 1.62. The van der Waals surface area contributed by atoms with Crippen LogP contribution < -0.4 is 0 Å². The van der Waals surface area contributed by atoms with Crippen LogP contribution in [0.15, 0.2) is 12.2 Å². The molecule has 4 atom stereocenters. The molecule has 6 heteroatoms. The zero-order chi connectivity index (χ0) is 13.6. The summed E-state index contributed by atoms with van der Waals surface area (Å²) in [6.45, 7) is 1.62. The monoisotopic (exact) mass is 267 g/mol. The van der Waals surface area contributed by atoms with Crippen molar-refractivity contribution in [2.24, 2.45) is 11.8 Å². The molecule has 6 nitrogen and oxygen atoms in total. The number of fused-ring (bicyclic) bond motifs is 1. The van der Waals surface area contributed by atoms with Gasteiger partial charge in [0.05, 0.1) is 18.6 Å². The number of aliphatic carboxylic acids is 1. The summed E-state index contributed by atoms with van der Waals surface area (Å²) in [5, 5.41) is 9.29. The first-order valence-electron chi connectivity index (χ1n) is 6.47. The van der Waals surface area contributed by atoms with Gasteiger partial charge in [-0.15, -0.1) is 0 Å². The second kappa shape index (κ2) is 4.31. The van der Waals surface area contributed by atoms with E-state index in [1.807, 2.05) is 6.08 Å². The Labute approximate surface area is 111 Å². The van der Waals surface area contributed by atoms with Crippen LogP contribution in [0.2, 0.25) is 0 Å². The molecule has 0 aromatic rings. The SMILES string of the molecule is COCCCN1C[C@]23C=C[C@@H](O2)[C@H](C(=O)O)[C@@H]3C1=O. The molecule has 2 bridgehead atoms. The van der Waals surface area contributed by atoms with Crippen molar-refractivity contribution in [3.05, 3.63) is 12.2 Å². The Balaban J connectivity index is 1.79. The lowest BCUT2D eigenvalue weighted by molar-refractivity contribution is -0.148. The van der Waals surface area contributed by atoms with Crippen molar-refractivity contribution in [3.63, 3.8) is 0 Å².